The van der Waals surface area contributed by atoms with Gasteiger partial charge in [-0.05, 0) is 43.0 Å². The first kappa shape index (κ1) is 14.1. The molecule has 0 saturated heterocycles. The van der Waals surface area contributed by atoms with Crippen molar-refractivity contribution in [3.63, 3.8) is 0 Å². The molecule has 3 rings (SSSR count). The van der Waals surface area contributed by atoms with Crippen molar-refractivity contribution in [1.29, 1.82) is 0 Å². The number of nitrogens with zero attached hydrogens (tertiary/aromatic N) is 1. The molecule has 0 unspecified atom stereocenters. The van der Waals surface area contributed by atoms with Crippen molar-refractivity contribution < 1.29 is 4.39 Å². The minimum Gasteiger partial charge on any atom is -0.362 e. The number of likely N-dealkylation sites (N-methyl/N-ethyl adjacent to an activating group) is 1. The minimum atomic E-state index is -0.222. The zero-order valence-electron chi connectivity index (χ0n) is 12.3. The SMILES string of the molecule is CCN(c1ccccc1F)C1(CN)Cc2ccccc2C1. The number of halogens is 1. The van der Waals surface area contributed by atoms with E-state index in [2.05, 4.69) is 36.1 Å². The van der Waals surface area contributed by atoms with Crippen molar-refractivity contribution in [3.8, 4) is 0 Å². The summed E-state index contributed by atoms with van der Waals surface area (Å²) in [5, 5.41) is 0. The Morgan fingerprint density at radius 1 is 1.05 bits per heavy atom. The van der Waals surface area contributed by atoms with E-state index in [1.807, 2.05) is 12.1 Å². The summed E-state index contributed by atoms with van der Waals surface area (Å²) >= 11 is 0. The Morgan fingerprint density at radius 2 is 1.62 bits per heavy atom. The third-order valence-corrected chi connectivity index (χ3v) is 4.57. The molecule has 0 aliphatic heterocycles. The Kier molecular flexibility index (Phi) is 3.68. The van der Waals surface area contributed by atoms with Crippen LogP contribution in [0.15, 0.2) is 48.5 Å². The van der Waals surface area contributed by atoms with Gasteiger partial charge in [-0.25, -0.2) is 4.39 Å². The lowest BCUT2D eigenvalue weighted by atomic mass is 9.92. The summed E-state index contributed by atoms with van der Waals surface area (Å²) in [6, 6.07) is 15.4. The van der Waals surface area contributed by atoms with Crippen LogP contribution < -0.4 is 10.6 Å². The molecule has 21 heavy (non-hydrogen) atoms. The average Bonchev–Trinajstić information content (AvgIpc) is 2.89. The Hall–Kier alpha value is -1.87. The summed E-state index contributed by atoms with van der Waals surface area (Å²) in [4.78, 5) is 2.14. The topological polar surface area (TPSA) is 29.3 Å². The van der Waals surface area contributed by atoms with Crippen LogP contribution in [-0.2, 0) is 12.8 Å². The predicted octanol–water partition coefficient (Wildman–Crippen LogP) is 3.15. The number of benzene rings is 2. The zero-order chi connectivity index (χ0) is 14.9. The van der Waals surface area contributed by atoms with E-state index >= 15 is 0 Å². The molecule has 0 bridgehead atoms. The summed E-state index contributed by atoms with van der Waals surface area (Å²) in [6.07, 6.45) is 1.75. The second-order valence-corrected chi connectivity index (χ2v) is 5.75. The lowest BCUT2D eigenvalue weighted by Gasteiger charge is -2.42. The molecular weight excluding hydrogens is 263 g/mol. The largest absolute Gasteiger partial charge is 0.362 e. The van der Waals surface area contributed by atoms with Gasteiger partial charge in [0.25, 0.3) is 0 Å². The van der Waals surface area contributed by atoms with E-state index in [1.165, 1.54) is 17.2 Å². The maximum absolute atomic E-state index is 14.2. The van der Waals surface area contributed by atoms with Gasteiger partial charge in [0.2, 0.25) is 0 Å². The van der Waals surface area contributed by atoms with Crippen molar-refractivity contribution in [3.05, 3.63) is 65.5 Å². The van der Waals surface area contributed by atoms with Crippen LogP contribution in [0.3, 0.4) is 0 Å². The molecule has 1 aliphatic carbocycles. The fourth-order valence-corrected chi connectivity index (χ4v) is 3.55. The van der Waals surface area contributed by atoms with Crippen molar-refractivity contribution in [1.82, 2.24) is 0 Å². The van der Waals surface area contributed by atoms with Gasteiger partial charge in [-0.15, -0.1) is 0 Å². The van der Waals surface area contributed by atoms with E-state index in [9.17, 15) is 4.39 Å². The number of anilines is 1. The smallest absolute Gasteiger partial charge is 0.146 e. The molecular formula is C18H21FN2. The van der Waals surface area contributed by atoms with Crippen LogP contribution >= 0.6 is 0 Å². The van der Waals surface area contributed by atoms with Crippen LogP contribution in [0.2, 0.25) is 0 Å². The van der Waals surface area contributed by atoms with Crippen LogP contribution in [0.25, 0.3) is 0 Å². The van der Waals surface area contributed by atoms with Crippen molar-refractivity contribution >= 4 is 5.69 Å². The van der Waals surface area contributed by atoms with E-state index in [0.29, 0.717) is 12.2 Å². The Bertz CT molecular complexity index is 614. The number of nitrogens with two attached hydrogens (primary N) is 1. The van der Waals surface area contributed by atoms with Crippen molar-refractivity contribution in [2.45, 2.75) is 25.3 Å². The Morgan fingerprint density at radius 3 is 2.14 bits per heavy atom. The molecule has 0 heterocycles. The molecule has 3 heteroatoms. The fraction of sp³-hybridized carbons (Fsp3) is 0.333. The van der Waals surface area contributed by atoms with Gasteiger partial charge in [-0.1, -0.05) is 36.4 Å². The molecule has 2 aromatic rings. The number of para-hydroxylation sites is 1. The zero-order valence-corrected chi connectivity index (χ0v) is 12.3. The average molecular weight is 284 g/mol. The van der Waals surface area contributed by atoms with Gasteiger partial charge in [-0.3, -0.25) is 0 Å². The van der Waals surface area contributed by atoms with Gasteiger partial charge >= 0.3 is 0 Å². The first-order chi connectivity index (χ1) is 10.2. The van der Waals surface area contributed by atoms with Crippen LogP contribution in [0, 0.1) is 5.82 Å². The number of hydrogen-bond acceptors (Lipinski definition) is 2. The van der Waals surface area contributed by atoms with E-state index in [1.54, 1.807) is 6.07 Å². The molecule has 1 aliphatic rings. The highest BCUT2D eigenvalue weighted by Gasteiger charge is 2.41. The van der Waals surface area contributed by atoms with E-state index in [-0.39, 0.29) is 11.4 Å². The van der Waals surface area contributed by atoms with E-state index in [4.69, 9.17) is 5.73 Å². The van der Waals surface area contributed by atoms with Crippen LogP contribution in [0.1, 0.15) is 18.1 Å². The highest BCUT2D eigenvalue weighted by atomic mass is 19.1. The quantitative estimate of drug-likeness (QED) is 0.934. The van der Waals surface area contributed by atoms with Crippen LogP contribution in [0.5, 0.6) is 0 Å². The molecule has 110 valence electrons. The minimum absolute atomic E-state index is 0.178. The molecule has 2 aromatic carbocycles. The predicted molar refractivity (Wildman–Crippen MR) is 85.1 cm³/mol. The third kappa shape index (κ3) is 2.32. The molecule has 0 saturated carbocycles. The van der Waals surface area contributed by atoms with Crippen LogP contribution in [0.4, 0.5) is 10.1 Å². The van der Waals surface area contributed by atoms with Gasteiger partial charge in [0.1, 0.15) is 5.82 Å². The molecule has 2 nitrogen and oxygen atoms in total. The molecule has 0 spiro atoms. The normalized spacial score (nSPS) is 15.8. The van der Waals surface area contributed by atoms with Crippen molar-refractivity contribution in [2.75, 3.05) is 18.0 Å². The maximum atomic E-state index is 14.2. The molecule has 0 aromatic heterocycles. The Labute approximate surface area is 125 Å². The highest BCUT2D eigenvalue weighted by molar-refractivity contribution is 5.54. The number of hydrogen-bond donors (Lipinski definition) is 1. The fourth-order valence-electron chi connectivity index (χ4n) is 3.55. The van der Waals surface area contributed by atoms with Gasteiger partial charge in [-0.2, -0.15) is 0 Å². The standard InChI is InChI=1S/C18H21FN2/c1-2-21(17-10-6-5-9-16(17)19)18(13-20)11-14-7-3-4-8-15(14)12-18/h3-10H,2,11-13,20H2,1H3. The summed E-state index contributed by atoms with van der Waals surface area (Å²) in [5.74, 6) is -0.178. The summed E-state index contributed by atoms with van der Waals surface area (Å²) in [7, 11) is 0. The van der Waals surface area contributed by atoms with Gasteiger partial charge in [0.15, 0.2) is 0 Å². The lowest BCUT2D eigenvalue weighted by Crippen LogP contribution is -2.55. The number of fused-ring (bicyclic) bond motifs is 1. The summed E-state index contributed by atoms with van der Waals surface area (Å²) in [6.45, 7) is 3.32. The first-order valence-electron chi connectivity index (χ1n) is 7.49. The van der Waals surface area contributed by atoms with Gasteiger partial charge < -0.3 is 10.6 Å². The van der Waals surface area contributed by atoms with Gasteiger partial charge in [0.05, 0.1) is 11.2 Å². The maximum Gasteiger partial charge on any atom is 0.146 e. The first-order valence-corrected chi connectivity index (χ1v) is 7.49. The van der Waals surface area contributed by atoms with Crippen molar-refractivity contribution in [2.24, 2.45) is 5.73 Å². The lowest BCUT2D eigenvalue weighted by molar-refractivity contribution is 0.412. The number of rotatable bonds is 4. The molecule has 0 atom stereocenters. The molecule has 0 radical (unpaired) electrons. The Balaban J connectivity index is 2.02. The monoisotopic (exact) mass is 284 g/mol. The third-order valence-electron chi connectivity index (χ3n) is 4.57. The van der Waals surface area contributed by atoms with E-state index in [0.717, 1.165) is 19.4 Å². The molecule has 0 amide bonds. The highest BCUT2D eigenvalue weighted by Crippen LogP contribution is 2.37. The second kappa shape index (κ2) is 5.49. The molecule has 0 fully saturated rings. The second-order valence-electron chi connectivity index (χ2n) is 5.75. The summed E-state index contributed by atoms with van der Waals surface area (Å²) < 4.78 is 14.2. The summed E-state index contributed by atoms with van der Waals surface area (Å²) in [5.41, 5.74) is 9.24. The van der Waals surface area contributed by atoms with E-state index < -0.39 is 0 Å². The van der Waals surface area contributed by atoms with Gasteiger partial charge in [0, 0.05) is 13.1 Å². The van der Waals surface area contributed by atoms with Crippen LogP contribution in [-0.4, -0.2) is 18.6 Å². The molecule has 2 N–H and O–H groups in total.